The Morgan fingerprint density at radius 1 is 1.04 bits per heavy atom. The second-order valence-electron chi connectivity index (χ2n) is 12.9. The van der Waals surface area contributed by atoms with Crippen molar-refractivity contribution >= 4 is 40.6 Å². The molecule has 3 heterocycles. The molecule has 0 radical (unpaired) electrons. The molecule has 1 N–H and O–H groups in total. The van der Waals surface area contributed by atoms with Crippen LogP contribution in [0.3, 0.4) is 0 Å². The van der Waals surface area contributed by atoms with Crippen molar-refractivity contribution in [2.75, 3.05) is 56.7 Å². The first-order valence-electron chi connectivity index (χ1n) is 18.7. The molecule has 0 bridgehead atoms. The van der Waals surface area contributed by atoms with Crippen molar-refractivity contribution in [2.45, 2.75) is 92.1 Å². The molecule has 1 saturated carbocycles. The highest BCUT2D eigenvalue weighted by Crippen LogP contribution is 2.37. The number of hydrogen-bond donors (Lipinski definition) is 1. The molecular weight excluding hydrogens is 678 g/mol. The number of benzene rings is 1. The van der Waals surface area contributed by atoms with Gasteiger partial charge < -0.3 is 29.2 Å². The third kappa shape index (κ3) is 9.44. The number of nitrogens with zero attached hydrogens (tertiary/aromatic N) is 6. The monoisotopic (exact) mass is 733 g/mol. The summed E-state index contributed by atoms with van der Waals surface area (Å²) in [6.07, 6.45) is 9.10. The van der Waals surface area contributed by atoms with Gasteiger partial charge in [0.15, 0.2) is 17.0 Å². The molecule has 2 aromatic heterocycles. The van der Waals surface area contributed by atoms with Gasteiger partial charge in [0.25, 0.3) is 5.60 Å². The summed E-state index contributed by atoms with van der Waals surface area (Å²) in [7, 11) is 1.74. The number of imidazole rings is 1. The third-order valence-electron chi connectivity index (χ3n) is 9.30. The highest BCUT2D eigenvalue weighted by Gasteiger charge is 2.52. The topological polar surface area (TPSA) is 150 Å². The van der Waals surface area contributed by atoms with E-state index in [1.165, 1.54) is 12.8 Å². The number of aryl methyl sites for hydroxylation is 1. The first kappa shape index (κ1) is 41.0. The van der Waals surface area contributed by atoms with Crippen molar-refractivity contribution < 1.29 is 33.3 Å². The summed E-state index contributed by atoms with van der Waals surface area (Å²) in [6, 6.07) is 6.91. The number of amides is 2. The molecule has 3 aromatic rings. The fourth-order valence-corrected chi connectivity index (χ4v) is 6.12. The van der Waals surface area contributed by atoms with E-state index in [1.807, 2.05) is 39.2 Å². The van der Waals surface area contributed by atoms with Crippen molar-refractivity contribution in [2.24, 2.45) is 11.8 Å². The summed E-state index contributed by atoms with van der Waals surface area (Å²) < 4.78 is 25.4. The van der Waals surface area contributed by atoms with Crippen LogP contribution in [0.25, 0.3) is 11.2 Å². The maximum absolute atomic E-state index is 13.7. The van der Waals surface area contributed by atoms with Crippen LogP contribution in [0.4, 0.5) is 16.3 Å². The van der Waals surface area contributed by atoms with Crippen LogP contribution in [0.5, 0.6) is 0 Å². The maximum Gasteiger partial charge on any atom is 0.350 e. The lowest BCUT2D eigenvalue weighted by atomic mass is 9.93. The van der Waals surface area contributed by atoms with E-state index in [0.29, 0.717) is 59.5 Å². The summed E-state index contributed by atoms with van der Waals surface area (Å²) in [4.78, 5) is 57.4. The number of hydrogen-bond acceptors (Lipinski definition) is 11. The lowest BCUT2D eigenvalue weighted by Crippen LogP contribution is -2.54. The molecule has 1 aliphatic heterocycles. The van der Waals surface area contributed by atoms with Crippen molar-refractivity contribution in [1.29, 1.82) is 0 Å². The fraction of sp³-hybridized carbons (Fsp3) is 0.590. The Kier molecular flexibility index (Phi) is 14.6. The molecule has 0 spiro atoms. The number of esters is 2. The summed E-state index contributed by atoms with van der Waals surface area (Å²) in [6.45, 7) is 14.6. The van der Waals surface area contributed by atoms with E-state index in [2.05, 4.69) is 26.2 Å². The normalized spacial score (nSPS) is 18.1. The Morgan fingerprint density at radius 2 is 1.70 bits per heavy atom. The Morgan fingerprint density at radius 3 is 2.26 bits per heavy atom. The molecule has 1 saturated heterocycles. The Labute approximate surface area is 312 Å². The molecule has 14 heteroatoms. The number of nitrogens with one attached hydrogen (secondary N) is 1. The molecule has 3 unspecified atom stereocenters. The van der Waals surface area contributed by atoms with E-state index in [-0.39, 0.29) is 32.3 Å². The largest absolute Gasteiger partial charge is 0.463 e. The van der Waals surface area contributed by atoms with Gasteiger partial charge in [-0.05, 0) is 71.1 Å². The average molecular weight is 734 g/mol. The van der Waals surface area contributed by atoms with Gasteiger partial charge in [-0.1, -0.05) is 26.0 Å². The molecule has 3 atom stereocenters. The Bertz CT molecular complexity index is 1720. The maximum atomic E-state index is 13.7. The van der Waals surface area contributed by atoms with Gasteiger partial charge in [-0.25, -0.2) is 29.3 Å². The Hall–Kier alpha value is -4.74. The number of urea groups is 1. The lowest BCUT2D eigenvalue weighted by molar-refractivity contribution is -0.195. The summed E-state index contributed by atoms with van der Waals surface area (Å²) in [5.41, 5.74) is 0.372. The molecular formula is C39H55N7O7. The predicted octanol–water partition coefficient (Wildman–Crippen LogP) is 5.54. The minimum absolute atomic E-state index is 0.0161. The fourth-order valence-electron chi connectivity index (χ4n) is 6.12. The first-order valence-corrected chi connectivity index (χ1v) is 18.7. The van der Waals surface area contributed by atoms with Gasteiger partial charge in [0.1, 0.15) is 12.1 Å². The van der Waals surface area contributed by atoms with Gasteiger partial charge in [0.05, 0.1) is 38.2 Å². The number of carbonyl (C=O) groups is 3. The smallest absolute Gasteiger partial charge is 0.350 e. The number of carbonyl (C=O) groups excluding carboxylic acids is 3. The van der Waals surface area contributed by atoms with Crippen LogP contribution in [0.1, 0.15) is 78.4 Å². The third-order valence-corrected chi connectivity index (χ3v) is 9.30. The van der Waals surface area contributed by atoms with E-state index in [0.717, 1.165) is 6.54 Å². The molecule has 14 nitrogen and oxygen atoms in total. The van der Waals surface area contributed by atoms with Gasteiger partial charge in [0, 0.05) is 45.2 Å². The summed E-state index contributed by atoms with van der Waals surface area (Å²) in [5, 5.41) is 3.42. The highest BCUT2D eigenvalue weighted by atomic mass is 16.6. The lowest BCUT2D eigenvalue weighted by Gasteiger charge is -2.31. The number of ether oxygens (including phenoxy) is 4. The second-order valence-corrected chi connectivity index (χ2v) is 12.9. The summed E-state index contributed by atoms with van der Waals surface area (Å²) >= 11 is 0. The zero-order chi connectivity index (χ0) is 38.7. The van der Waals surface area contributed by atoms with Gasteiger partial charge in [-0.3, -0.25) is 9.47 Å². The van der Waals surface area contributed by atoms with Gasteiger partial charge in [-0.2, -0.15) is 0 Å². The van der Waals surface area contributed by atoms with Crippen molar-refractivity contribution in [1.82, 2.24) is 24.4 Å². The zero-order valence-corrected chi connectivity index (χ0v) is 32.4. The predicted molar refractivity (Wildman–Crippen MR) is 202 cm³/mol. The quantitative estimate of drug-likeness (QED) is 0.112. The zero-order valence-electron chi connectivity index (χ0n) is 32.4. The molecule has 5 rings (SSSR count). The molecule has 288 valence electrons. The summed E-state index contributed by atoms with van der Waals surface area (Å²) in [5.74, 6) is 2.55. The number of fused-ring (bicyclic) bond motifs is 1. The molecule has 1 aromatic carbocycles. The van der Waals surface area contributed by atoms with Gasteiger partial charge in [-0.15, -0.1) is 12.3 Å². The van der Waals surface area contributed by atoms with Crippen molar-refractivity contribution in [3.8, 4) is 12.3 Å². The van der Waals surface area contributed by atoms with E-state index < -0.39 is 35.8 Å². The number of aromatic nitrogens is 4. The standard InChI is InChI=1S/C37H49N7O7.C2H6/c1-8-27-19-30(44-23-39-31-32(38-21-26-13-14-26)40-24(6)41-33(31)44)51-29(27)22-50-37(34(45)48-11-4,35(46)49-12-5)20-25-15-17-28(18-16-25)43(10-3)36(47)42(7)9-2;1-2/h1,15-18,23,26-27,29-30H,9-14,19-22H2,2-7H3,(H,38,40,41);1-2H3. The van der Waals surface area contributed by atoms with E-state index in [9.17, 15) is 14.4 Å². The van der Waals surface area contributed by atoms with Crippen LogP contribution in [-0.2, 0) is 35.0 Å². The van der Waals surface area contributed by atoms with Crippen LogP contribution in [0.2, 0.25) is 0 Å². The SMILES string of the molecule is C#CC1CC(n2cnc3c(NCC4CC4)nc(C)nc32)OC1COC(Cc1ccc(N(CC)C(=O)N(C)CC)cc1)(C(=O)OCC)C(=O)OCC.CC. The van der Waals surface area contributed by atoms with Crippen LogP contribution >= 0.6 is 0 Å². The van der Waals surface area contributed by atoms with Gasteiger partial charge >= 0.3 is 18.0 Å². The second kappa shape index (κ2) is 18.8. The number of rotatable bonds is 16. The number of terminal acetylenes is 1. The van der Waals surface area contributed by atoms with Crippen LogP contribution in [-0.4, -0.2) is 101 Å². The van der Waals surface area contributed by atoms with Crippen LogP contribution in [0, 0.1) is 31.1 Å². The minimum atomic E-state index is -2.15. The van der Waals surface area contributed by atoms with Gasteiger partial charge in [0.2, 0.25) is 0 Å². The average Bonchev–Trinajstić information content (AvgIpc) is 3.76. The van der Waals surface area contributed by atoms with Crippen LogP contribution < -0.4 is 10.2 Å². The number of anilines is 2. The first-order chi connectivity index (χ1) is 25.6. The molecule has 2 fully saturated rings. The molecule has 1 aliphatic carbocycles. The molecule has 2 aliphatic rings. The molecule has 2 amide bonds. The Balaban J connectivity index is 0.00000308. The minimum Gasteiger partial charge on any atom is -0.463 e. The molecule has 53 heavy (non-hydrogen) atoms. The van der Waals surface area contributed by atoms with E-state index >= 15 is 0 Å². The van der Waals surface area contributed by atoms with Crippen molar-refractivity contribution in [3.63, 3.8) is 0 Å². The highest BCUT2D eigenvalue weighted by molar-refractivity contribution is 6.04. The van der Waals surface area contributed by atoms with Crippen LogP contribution in [0.15, 0.2) is 30.6 Å². The van der Waals surface area contributed by atoms with E-state index in [1.54, 1.807) is 61.3 Å². The van der Waals surface area contributed by atoms with Crippen molar-refractivity contribution in [3.05, 3.63) is 42.0 Å². The van der Waals surface area contributed by atoms with E-state index in [4.69, 9.17) is 25.4 Å².